The number of sulfonamides is 1. The van der Waals surface area contributed by atoms with Gasteiger partial charge in [0, 0.05) is 12.1 Å². The van der Waals surface area contributed by atoms with E-state index in [-0.39, 0.29) is 28.6 Å². The van der Waals surface area contributed by atoms with Crippen molar-refractivity contribution in [2.75, 3.05) is 7.11 Å². The number of methoxy groups -OCH3 is 1. The summed E-state index contributed by atoms with van der Waals surface area (Å²) in [6.07, 6.45) is 0. The first kappa shape index (κ1) is 22.5. The number of carbonyl (C=O) groups excluding carboxylic acids is 1. The Labute approximate surface area is 181 Å². The summed E-state index contributed by atoms with van der Waals surface area (Å²) in [5, 5.41) is 2.79. The van der Waals surface area contributed by atoms with Gasteiger partial charge in [0.05, 0.1) is 13.2 Å². The Hall–Kier alpha value is -3.23. The number of carbonyl (C=O) groups is 1. The summed E-state index contributed by atoms with van der Waals surface area (Å²) in [4.78, 5) is 12.6. The predicted molar refractivity (Wildman–Crippen MR) is 116 cm³/mol. The van der Waals surface area contributed by atoms with Crippen LogP contribution in [0.4, 0.5) is 4.39 Å². The molecule has 0 saturated carbocycles. The molecule has 1 amide bonds. The standard InChI is InChI=1S/C23H23FN2O4S/c1-16(18-8-11-20(24)12-9-18)26-23(27)19-10-13-21(30-2)22(14-19)31(28,29)25-15-17-6-4-3-5-7-17/h3-14,16,25H,15H2,1-2H3,(H,26,27). The maximum absolute atomic E-state index is 13.1. The summed E-state index contributed by atoms with van der Waals surface area (Å²) in [5.74, 6) is -0.696. The van der Waals surface area contributed by atoms with E-state index in [2.05, 4.69) is 10.0 Å². The second kappa shape index (κ2) is 9.72. The van der Waals surface area contributed by atoms with Gasteiger partial charge in [0.1, 0.15) is 16.5 Å². The zero-order chi connectivity index (χ0) is 22.4. The Kier molecular flexibility index (Phi) is 7.04. The number of hydrogen-bond donors (Lipinski definition) is 2. The lowest BCUT2D eigenvalue weighted by molar-refractivity contribution is 0.0939. The molecule has 162 valence electrons. The van der Waals surface area contributed by atoms with Crippen molar-refractivity contribution in [3.63, 3.8) is 0 Å². The van der Waals surface area contributed by atoms with Crippen molar-refractivity contribution in [1.29, 1.82) is 0 Å². The van der Waals surface area contributed by atoms with Gasteiger partial charge in [-0.2, -0.15) is 0 Å². The third kappa shape index (κ3) is 5.68. The fourth-order valence-electron chi connectivity index (χ4n) is 2.99. The van der Waals surface area contributed by atoms with Crippen molar-refractivity contribution < 1.29 is 22.3 Å². The first-order chi connectivity index (χ1) is 14.8. The molecule has 0 bridgehead atoms. The molecule has 1 atom stereocenters. The van der Waals surface area contributed by atoms with E-state index >= 15 is 0 Å². The maximum atomic E-state index is 13.1. The van der Waals surface area contributed by atoms with Gasteiger partial charge in [-0.05, 0) is 48.4 Å². The van der Waals surface area contributed by atoms with Crippen LogP contribution in [0.2, 0.25) is 0 Å². The van der Waals surface area contributed by atoms with Gasteiger partial charge in [-0.1, -0.05) is 42.5 Å². The average molecular weight is 443 g/mol. The molecule has 0 aliphatic heterocycles. The number of rotatable bonds is 8. The molecule has 3 rings (SSSR count). The lowest BCUT2D eigenvalue weighted by Crippen LogP contribution is -2.28. The van der Waals surface area contributed by atoms with E-state index in [4.69, 9.17) is 4.74 Å². The van der Waals surface area contributed by atoms with Crippen molar-refractivity contribution in [3.8, 4) is 5.75 Å². The molecular formula is C23H23FN2O4S. The van der Waals surface area contributed by atoms with Crippen LogP contribution in [0, 0.1) is 5.82 Å². The van der Waals surface area contributed by atoms with Gasteiger partial charge in [-0.25, -0.2) is 17.5 Å². The fourth-order valence-corrected chi connectivity index (χ4v) is 4.21. The van der Waals surface area contributed by atoms with Gasteiger partial charge in [0.15, 0.2) is 0 Å². The van der Waals surface area contributed by atoms with Crippen LogP contribution in [0.25, 0.3) is 0 Å². The largest absolute Gasteiger partial charge is 0.495 e. The molecule has 1 unspecified atom stereocenters. The second-order valence-corrected chi connectivity index (χ2v) is 8.66. The first-order valence-electron chi connectivity index (χ1n) is 9.58. The number of benzene rings is 3. The normalized spacial score (nSPS) is 12.2. The number of amides is 1. The molecule has 0 fully saturated rings. The van der Waals surface area contributed by atoms with Crippen LogP contribution in [0.15, 0.2) is 77.7 Å². The summed E-state index contributed by atoms with van der Waals surface area (Å²) in [7, 11) is -2.58. The molecule has 3 aromatic rings. The molecule has 31 heavy (non-hydrogen) atoms. The van der Waals surface area contributed by atoms with E-state index in [0.29, 0.717) is 0 Å². The van der Waals surface area contributed by atoms with Crippen LogP contribution < -0.4 is 14.8 Å². The molecule has 2 N–H and O–H groups in total. The SMILES string of the molecule is COc1ccc(C(=O)NC(C)c2ccc(F)cc2)cc1S(=O)(=O)NCc1ccccc1. The third-order valence-electron chi connectivity index (χ3n) is 4.74. The summed E-state index contributed by atoms with van der Waals surface area (Å²) >= 11 is 0. The lowest BCUT2D eigenvalue weighted by atomic mass is 10.1. The second-order valence-electron chi connectivity index (χ2n) is 6.92. The van der Waals surface area contributed by atoms with Crippen molar-refractivity contribution in [1.82, 2.24) is 10.0 Å². The van der Waals surface area contributed by atoms with Crippen LogP contribution in [-0.4, -0.2) is 21.4 Å². The van der Waals surface area contributed by atoms with Crippen molar-refractivity contribution in [2.24, 2.45) is 0 Å². The zero-order valence-corrected chi connectivity index (χ0v) is 17.9. The van der Waals surface area contributed by atoms with Crippen LogP contribution in [-0.2, 0) is 16.6 Å². The molecule has 0 spiro atoms. The zero-order valence-electron chi connectivity index (χ0n) is 17.1. The molecule has 3 aromatic carbocycles. The maximum Gasteiger partial charge on any atom is 0.251 e. The van der Waals surface area contributed by atoms with E-state index in [0.717, 1.165) is 11.1 Å². The number of hydrogen-bond acceptors (Lipinski definition) is 4. The number of halogens is 1. The molecule has 0 aromatic heterocycles. The van der Waals surface area contributed by atoms with Gasteiger partial charge in [-0.3, -0.25) is 4.79 Å². The average Bonchev–Trinajstić information content (AvgIpc) is 2.78. The first-order valence-corrected chi connectivity index (χ1v) is 11.1. The van der Waals surface area contributed by atoms with Gasteiger partial charge >= 0.3 is 0 Å². The quantitative estimate of drug-likeness (QED) is 0.556. The number of ether oxygens (including phenoxy) is 1. The van der Waals surface area contributed by atoms with Gasteiger partial charge in [-0.15, -0.1) is 0 Å². The minimum Gasteiger partial charge on any atom is -0.495 e. The Morgan fingerprint density at radius 3 is 2.35 bits per heavy atom. The smallest absolute Gasteiger partial charge is 0.251 e. The van der Waals surface area contributed by atoms with E-state index in [1.54, 1.807) is 31.2 Å². The molecule has 0 heterocycles. The minimum absolute atomic E-state index is 0.102. The molecule has 0 aliphatic carbocycles. The van der Waals surface area contributed by atoms with Crippen LogP contribution in [0.5, 0.6) is 5.75 Å². The van der Waals surface area contributed by atoms with E-state index in [1.807, 2.05) is 18.2 Å². The highest BCUT2D eigenvalue weighted by atomic mass is 32.2. The molecule has 8 heteroatoms. The molecule has 6 nitrogen and oxygen atoms in total. The van der Waals surface area contributed by atoms with E-state index in [9.17, 15) is 17.6 Å². The van der Waals surface area contributed by atoms with Gasteiger partial charge in [0.25, 0.3) is 5.91 Å². The van der Waals surface area contributed by atoms with Crippen LogP contribution >= 0.6 is 0 Å². The van der Waals surface area contributed by atoms with Crippen molar-refractivity contribution in [3.05, 3.63) is 95.3 Å². The lowest BCUT2D eigenvalue weighted by Gasteiger charge is -2.16. The minimum atomic E-state index is -3.94. The molecular weight excluding hydrogens is 419 g/mol. The Morgan fingerprint density at radius 2 is 1.71 bits per heavy atom. The highest BCUT2D eigenvalue weighted by Crippen LogP contribution is 2.25. The fraction of sp³-hybridized carbons (Fsp3) is 0.174. The van der Waals surface area contributed by atoms with E-state index < -0.39 is 22.0 Å². The summed E-state index contributed by atoms with van der Waals surface area (Å²) in [5.41, 5.74) is 1.68. The molecule has 0 radical (unpaired) electrons. The van der Waals surface area contributed by atoms with E-state index in [1.165, 1.54) is 37.4 Å². The number of nitrogens with one attached hydrogen (secondary N) is 2. The summed E-state index contributed by atoms with van der Waals surface area (Å²) < 4.78 is 46.6. The van der Waals surface area contributed by atoms with Gasteiger partial charge < -0.3 is 10.1 Å². The molecule has 0 aliphatic rings. The molecule has 0 saturated heterocycles. The Morgan fingerprint density at radius 1 is 1.03 bits per heavy atom. The van der Waals surface area contributed by atoms with Crippen LogP contribution in [0.1, 0.15) is 34.5 Å². The van der Waals surface area contributed by atoms with Crippen molar-refractivity contribution >= 4 is 15.9 Å². The summed E-state index contributed by atoms with van der Waals surface area (Å²) in [6.45, 7) is 1.86. The predicted octanol–water partition coefficient (Wildman–Crippen LogP) is 3.80. The van der Waals surface area contributed by atoms with Crippen molar-refractivity contribution in [2.45, 2.75) is 24.4 Å². The van der Waals surface area contributed by atoms with Crippen LogP contribution in [0.3, 0.4) is 0 Å². The Bertz CT molecular complexity index is 1150. The Balaban J connectivity index is 1.80. The topological polar surface area (TPSA) is 84.5 Å². The third-order valence-corrected chi connectivity index (χ3v) is 6.16. The highest BCUT2D eigenvalue weighted by molar-refractivity contribution is 7.89. The highest BCUT2D eigenvalue weighted by Gasteiger charge is 2.22. The summed E-state index contributed by atoms with van der Waals surface area (Å²) in [6, 6.07) is 18.7. The van der Waals surface area contributed by atoms with Gasteiger partial charge in [0.2, 0.25) is 10.0 Å². The monoisotopic (exact) mass is 442 g/mol.